The lowest BCUT2D eigenvalue weighted by Gasteiger charge is -2.44. The minimum Gasteiger partial charge on any atom is -0.457 e. The maximum absolute atomic E-state index is 12.6. The summed E-state index contributed by atoms with van der Waals surface area (Å²) in [5.74, 6) is 1.17. The summed E-state index contributed by atoms with van der Waals surface area (Å²) in [7, 11) is 0. The quantitative estimate of drug-likeness (QED) is 0.852. The topological polar surface area (TPSA) is 84.7 Å². The van der Waals surface area contributed by atoms with Crippen molar-refractivity contribution in [1.29, 1.82) is 0 Å². The lowest BCUT2D eigenvalue weighted by atomic mass is 9.84. The molecule has 3 N–H and O–H groups in total. The van der Waals surface area contributed by atoms with Crippen LogP contribution in [0.25, 0.3) is 0 Å². The molecule has 3 aliphatic heterocycles. The molecule has 27 heavy (non-hydrogen) atoms. The highest BCUT2D eigenvalue weighted by atomic mass is 16.5. The van der Waals surface area contributed by atoms with Crippen LogP contribution in [0.15, 0.2) is 48.5 Å². The van der Waals surface area contributed by atoms with Crippen LogP contribution in [0.5, 0.6) is 11.5 Å². The van der Waals surface area contributed by atoms with Crippen LogP contribution in [0.2, 0.25) is 0 Å². The second-order valence-corrected chi connectivity index (χ2v) is 7.24. The van der Waals surface area contributed by atoms with Crippen LogP contribution >= 0.6 is 0 Å². The highest BCUT2D eigenvalue weighted by Gasteiger charge is 2.34. The molecule has 3 aliphatic rings. The lowest BCUT2D eigenvalue weighted by Crippen LogP contribution is -2.57. The summed E-state index contributed by atoms with van der Waals surface area (Å²) in [5.41, 5.74) is 6.29. The first-order valence-corrected chi connectivity index (χ1v) is 9.29. The van der Waals surface area contributed by atoms with Gasteiger partial charge in [-0.2, -0.15) is 0 Å². The summed E-state index contributed by atoms with van der Waals surface area (Å²) in [5, 5.41) is 3.18. The molecule has 5 rings (SSSR count). The van der Waals surface area contributed by atoms with E-state index in [4.69, 9.17) is 10.5 Å². The molecule has 0 unspecified atom stereocenters. The van der Waals surface area contributed by atoms with E-state index < -0.39 is 5.91 Å². The van der Waals surface area contributed by atoms with Gasteiger partial charge in [-0.15, -0.1) is 0 Å². The molecule has 0 radical (unpaired) electrons. The number of ether oxygens (including phenoxy) is 1. The Morgan fingerprint density at radius 1 is 1.00 bits per heavy atom. The first-order valence-electron chi connectivity index (χ1n) is 9.29. The average Bonchev–Trinajstić information content (AvgIpc) is 2.69. The molecule has 3 heterocycles. The van der Waals surface area contributed by atoms with Crippen molar-refractivity contribution in [3.05, 3.63) is 59.7 Å². The molecule has 2 aromatic carbocycles. The fourth-order valence-corrected chi connectivity index (χ4v) is 3.90. The number of amides is 2. The molecule has 3 fully saturated rings. The third-order valence-electron chi connectivity index (χ3n) is 5.44. The molecular weight excluding hydrogens is 342 g/mol. The van der Waals surface area contributed by atoms with Crippen molar-refractivity contribution < 1.29 is 14.3 Å². The largest absolute Gasteiger partial charge is 0.457 e. The zero-order valence-corrected chi connectivity index (χ0v) is 15.1. The van der Waals surface area contributed by atoms with Gasteiger partial charge in [-0.05, 0) is 74.3 Å². The second-order valence-electron chi connectivity index (χ2n) is 7.24. The van der Waals surface area contributed by atoms with Gasteiger partial charge in [0.25, 0.3) is 5.91 Å². The third kappa shape index (κ3) is 3.95. The number of nitrogens with one attached hydrogen (secondary N) is 1. The number of nitrogens with zero attached hydrogens (tertiary/aromatic N) is 1. The molecule has 1 atom stereocenters. The van der Waals surface area contributed by atoms with Crippen molar-refractivity contribution in [1.82, 2.24) is 10.2 Å². The van der Waals surface area contributed by atoms with Crippen LogP contribution in [0.4, 0.5) is 0 Å². The van der Waals surface area contributed by atoms with Gasteiger partial charge in [-0.3, -0.25) is 9.59 Å². The van der Waals surface area contributed by atoms with E-state index >= 15 is 0 Å². The van der Waals surface area contributed by atoms with Crippen molar-refractivity contribution >= 4 is 11.8 Å². The molecule has 140 valence electrons. The number of benzene rings is 2. The SMILES string of the molecule is NC(=O)c1cccc(Oc2ccc(C(=O)N[C@H]3CN4CCC3CC4)cc2)c1. The van der Waals surface area contributed by atoms with Crippen molar-refractivity contribution in [2.75, 3.05) is 19.6 Å². The summed E-state index contributed by atoms with van der Waals surface area (Å²) < 4.78 is 5.75. The number of carbonyl (C=O) groups excluding carboxylic acids is 2. The van der Waals surface area contributed by atoms with Gasteiger partial charge in [0.15, 0.2) is 0 Å². The molecule has 0 aliphatic carbocycles. The first-order chi connectivity index (χ1) is 13.1. The van der Waals surface area contributed by atoms with Gasteiger partial charge in [0, 0.05) is 23.7 Å². The van der Waals surface area contributed by atoms with Gasteiger partial charge in [0.05, 0.1) is 0 Å². The maximum Gasteiger partial charge on any atom is 0.251 e. The molecule has 2 aromatic rings. The smallest absolute Gasteiger partial charge is 0.251 e. The van der Waals surface area contributed by atoms with Crippen LogP contribution in [0, 0.1) is 5.92 Å². The highest BCUT2D eigenvalue weighted by molar-refractivity contribution is 5.94. The Labute approximate surface area is 158 Å². The summed E-state index contributed by atoms with van der Waals surface area (Å²) in [6, 6.07) is 13.9. The number of nitrogens with two attached hydrogens (primary N) is 1. The Bertz CT molecular complexity index is 842. The second kappa shape index (κ2) is 7.40. The van der Waals surface area contributed by atoms with Crippen molar-refractivity contribution in [2.45, 2.75) is 18.9 Å². The highest BCUT2D eigenvalue weighted by Crippen LogP contribution is 2.28. The van der Waals surface area contributed by atoms with Crippen molar-refractivity contribution in [3.63, 3.8) is 0 Å². The fraction of sp³-hybridized carbons (Fsp3) is 0.333. The van der Waals surface area contributed by atoms with Crippen LogP contribution in [0.3, 0.4) is 0 Å². The first kappa shape index (κ1) is 17.5. The average molecular weight is 365 g/mol. The van der Waals surface area contributed by atoms with Gasteiger partial charge in [0.1, 0.15) is 11.5 Å². The van der Waals surface area contributed by atoms with E-state index in [0.29, 0.717) is 28.5 Å². The fourth-order valence-electron chi connectivity index (χ4n) is 3.90. The Kier molecular flexibility index (Phi) is 4.81. The minimum absolute atomic E-state index is 0.0453. The number of hydrogen-bond acceptors (Lipinski definition) is 4. The standard InChI is InChI=1S/C21H23N3O3/c22-20(25)16-2-1-3-18(12-16)27-17-6-4-15(5-7-17)21(26)23-19-13-24-10-8-14(19)9-11-24/h1-7,12,14,19H,8-11,13H2,(H2,22,25)(H,23,26)/t19-/m0/s1. The number of piperidine rings is 3. The normalized spacial score (nSPS) is 23.6. The number of carbonyl (C=O) groups is 2. The molecule has 2 bridgehead atoms. The Morgan fingerprint density at radius 2 is 1.74 bits per heavy atom. The maximum atomic E-state index is 12.6. The van der Waals surface area contributed by atoms with Gasteiger partial charge < -0.3 is 20.7 Å². The van der Waals surface area contributed by atoms with E-state index in [9.17, 15) is 9.59 Å². The van der Waals surface area contributed by atoms with E-state index in [0.717, 1.165) is 19.6 Å². The van der Waals surface area contributed by atoms with Gasteiger partial charge >= 0.3 is 0 Å². The van der Waals surface area contributed by atoms with E-state index in [1.165, 1.54) is 12.8 Å². The van der Waals surface area contributed by atoms with Gasteiger partial charge in [0.2, 0.25) is 5.91 Å². The van der Waals surface area contributed by atoms with Crippen molar-refractivity contribution in [3.8, 4) is 11.5 Å². The summed E-state index contributed by atoms with van der Waals surface area (Å²) in [6.07, 6.45) is 2.34. The number of rotatable bonds is 5. The monoisotopic (exact) mass is 365 g/mol. The van der Waals surface area contributed by atoms with Crippen LogP contribution in [0.1, 0.15) is 33.6 Å². The van der Waals surface area contributed by atoms with Crippen LogP contribution in [-0.2, 0) is 0 Å². The van der Waals surface area contributed by atoms with E-state index in [2.05, 4.69) is 10.2 Å². The molecular formula is C21H23N3O3. The predicted molar refractivity (Wildman–Crippen MR) is 102 cm³/mol. The zero-order valence-electron chi connectivity index (χ0n) is 15.1. The third-order valence-corrected chi connectivity index (χ3v) is 5.44. The van der Waals surface area contributed by atoms with E-state index in [-0.39, 0.29) is 11.9 Å². The molecule has 6 nitrogen and oxygen atoms in total. The van der Waals surface area contributed by atoms with Crippen LogP contribution in [-0.4, -0.2) is 42.4 Å². The van der Waals surface area contributed by atoms with E-state index in [1.807, 2.05) is 0 Å². The predicted octanol–water partition coefficient (Wildman–Crippen LogP) is 2.40. The number of primary amides is 1. The Hall–Kier alpha value is -2.86. The van der Waals surface area contributed by atoms with E-state index in [1.54, 1.807) is 48.5 Å². The number of hydrogen-bond donors (Lipinski definition) is 2. The van der Waals surface area contributed by atoms with Gasteiger partial charge in [-0.25, -0.2) is 0 Å². The Balaban J connectivity index is 1.39. The lowest BCUT2D eigenvalue weighted by molar-refractivity contribution is 0.0620. The minimum atomic E-state index is -0.500. The zero-order chi connectivity index (χ0) is 18.8. The molecule has 0 aromatic heterocycles. The number of fused-ring (bicyclic) bond motifs is 3. The molecule has 3 saturated heterocycles. The Morgan fingerprint density at radius 3 is 2.37 bits per heavy atom. The van der Waals surface area contributed by atoms with Crippen LogP contribution < -0.4 is 15.8 Å². The van der Waals surface area contributed by atoms with Crippen molar-refractivity contribution in [2.24, 2.45) is 11.7 Å². The van der Waals surface area contributed by atoms with Gasteiger partial charge in [-0.1, -0.05) is 6.07 Å². The summed E-state index contributed by atoms with van der Waals surface area (Å²) in [6.45, 7) is 3.26. The molecule has 6 heteroatoms. The molecule has 0 spiro atoms. The summed E-state index contributed by atoms with van der Waals surface area (Å²) >= 11 is 0. The summed E-state index contributed by atoms with van der Waals surface area (Å²) in [4.78, 5) is 26.2. The molecule has 0 saturated carbocycles. The molecule has 2 amide bonds.